The summed E-state index contributed by atoms with van der Waals surface area (Å²) in [5.74, 6) is -2.17. The van der Waals surface area contributed by atoms with E-state index in [-0.39, 0.29) is 25.7 Å². The topological polar surface area (TPSA) is 237 Å². The third-order valence-corrected chi connectivity index (χ3v) is 14.5. The molecule has 0 rings (SSSR count). The Morgan fingerprint density at radius 3 is 0.824 bits per heavy atom. The van der Waals surface area contributed by atoms with Gasteiger partial charge in [-0.05, 0) is 25.7 Å². The number of unbranched alkanes of at least 4 members (excludes halogenated alkanes) is 30. The Bertz CT molecular complexity index is 1450. The van der Waals surface area contributed by atoms with Crippen LogP contribution in [0, 0.1) is 0 Å². The quantitative estimate of drug-likeness (QED) is 0.0222. The summed E-state index contributed by atoms with van der Waals surface area (Å²) in [5.41, 5.74) is 0. The van der Waals surface area contributed by atoms with Crippen LogP contribution in [-0.2, 0) is 65.4 Å². The monoisotopic (exact) mass is 1100 g/mol. The second kappa shape index (κ2) is 50.6. The zero-order valence-electron chi connectivity index (χ0n) is 46.8. The van der Waals surface area contributed by atoms with E-state index in [2.05, 4.69) is 20.8 Å². The van der Waals surface area contributed by atoms with Crippen LogP contribution in [0.3, 0.4) is 0 Å². The third kappa shape index (κ3) is 49.6. The van der Waals surface area contributed by atoms with Gasteiger partial charge in [0.1, 0.15) is 19.3 Å². The summed E-state index contributed by atoms with van der Waals surface area (Å²) in [6.45, 7) is 4.63. The Labute approximate surface area is 447 Å². The smallest absolute Gasteiger partial charge is 0.462 e. The van der Waals surface area contributed by atoms with Crippen molar-refractivity contribution in [3.05, 3.63) is 0 Å². The van der Waals surface area contributed by atoms with Gasteiger partial charge in [-0.1, -0.05) is 220 Å². The highest BCUT2D eigenvalue weighted by Gasteiger charge is 2.30. The minimum Gasteiger partial charge on any atom is -0.462 e. The fraction of sp³-hybridized carbons (Fsp3) is 0.927. The van der Waals surface area contributed by atoms with Crippen molar-refractivity contribution in [2.24, 2.45) is 0 Å². The first-order valence-electron chi connectivity index (χ1n) is 29.3. The number of aliphatic hydroxyl groups excluding tert-OH is 1. The lowest BCUT2D eigenvalue weighted by atomic mass is 10.1. The van der Waals surface area contributed by atoms with Crippen molar-refractivity contribution in [2.75, 3.05) is 39.6 Å². The molecule has 2 unspecified atom stereocenters. The van der Waals surface area contributed by atoms with Crippen molar-refractivity contribution in [1.82, 2.24) is 0 Å². The van der Waals surface area contributed by atoms with Crippen molar-refractivity contribution < 1.29 is 80.2 Å². The fourth-order valence-electron chi connectivity index (χ4n) is 8.04. The zero-order valence-corrected chi connectivity index (χ0v) is 48.6. The third-order valence-electron chi connectivity index (χ3n) is 12.6. The van der Waals surface area contributed by atoms with E-state index in [1.165, 1.54) is 109 Å². The predicted molar refractivity (Wildman–Crippen MR) is 289 cm³/mol. The number of hydrogen-bond donors (Lipinski definition) is 3. The molecular formula is C55H106O17P2. The van der Waals surface area contributed by atoms with E-state index in [0.717, 1.165) is 83.5 Å². The normalized spacial score (nSPS) is 14.4. The maximum Gasteiger partial charge on any atom is 0.472 e. The molecule has 5 atom stereocenters. The molecule has 19 heteroatoms. The van der Waals surface area contributed by atoms with Gasteiger partial charge in [0.2, 0.25) is 0 Å². The van der Waals surface area contributed by atoms with Gasteiger partial charge in [0, 0.05) is 25.7 Å². The molecule has 74 heavy (non-hydrogen) atoms. The summed E-state index contributed by atoms with van der Waals surface area (Å²) in [4.78, 5) is 71.3. The van der Waals surface area contributed by atoms with Gasteiger partial charge >= 0.3 is 39.5 Å². The number of carbonyl (C=O) groups excluding carboxylic acids is 4. The zero-order chi connectivity index (χ0) is 54.8. The largest absolute Gasteiger partial charge is 0.472 e. The molecule has 0 aromatic carbocycles. The van der Waals surface area contributed by atoms with Crippen LogP contribution in [0.15, 0.2) is 0 Å². The maximum atomic E-state index is 12.9. The number of ether oxygens (including phenoxy) is 4. The van der Waals surface area contributed by atoms with Gasteiger partial charge in [-0.15, -0.1) is 0 Å². The van der Waals surface area contributed by atoms with Crippen molar-refractivity contribution in [1.29, 1.82) is 0 Å². The summed E-state index contributed by atoms with van der Waals surface area (Å²) in [6.07, 6.45) is 32.8. The Kier molecular flexibility index (Phi) is 49.2. The molecule has 0 radical (unpaired) electrons. The second-order valence-electron chi connectivity index (χ2n) is 20.0. The number of carbonyl (C=O) groups is 4. The highest BCUT2D eigenvalue weighted by atomic mass is 31.2. The Balaban J connectivity index is 5.12. The molecular weight excluding hydrogens is 995 g/mol. The van der Waals surface area contributed by atoms with Crippen LogP contribution in [0.25, 0.3) is 0 Å². The van der Waals surface area contributed by atoms with Crippen molar-refractivity contribution in [3.8, 4) is 0 Å². The molecule has 0 aliphatic rings. The first kappa shape index (κ1) is 72.1. The van der Waals surface area contributed by atoms with Crippen molar-refractivity contribution >= 4 is 39.5 Å². The first-order valence-corrected chi connectivity index (χ1v) is 32.3. The fourth-order valence-corrected chi connectivity index (χ4v) is 9.62. The van der Waals surface area contributed by atoms with E-state index in [0.29, 0.717) is 25.7 Å². The van der Waals surface area contributed by atoms with Crippen LogP contribution >= 0.6 is 15.6 Å². The van der Waals surface area contributed by atoms with Gasteiger partial charge in [0.15, 0.2) is 12.2 Å². The molecule has 0 heterocycles. The van der Waals surface area contributed by atoms with E-state index in [4.69, 9.17) is 37.0 Å². The molecule has 0 bridgehead atoms. The van der Waals surface area contributed by atoms with Gasteiger partial charge in [-0.25, -0.2) is 9.13 Å². The number of aliphatic hydroxyl groups is 1. The number of esters is 4. The molecule has 0 amide bonds. The van der Waals surface area contributed by atoms with Gasteiger partial charge in [-0.2, -0.15) is 0 Å². The van der Waals surface area contributed by atoms with Crippen LogP contribution < -0.4 is 0 Å². The van der Waals surface area contributed by atoms with Gasteiger partial charge in [0.25, 0.3) is 0 Å². The van der Waals surface area contributed by atoms with Crippen LogP contribution in [-0.4, -0.2) is 96.7 Å². The number of hydrogen-bond acceptors (Lipinski definition) is 15. The second-order valence-corrected chi connectivity index (χ2v) is 22.9. The molecule has 0 aromatic rings. The predicted octanol–water partition coefficient (Wildman–Crippen LogP) is 14.4. The maximum absolute atomic E-state index is 12.9. The molecule has 0 spiro atoms. The SMILES string of the molecule is CCCCCCCCCCCCCC(=O)OC[C@H](COP(=O)(O)OC[C@H](O)COP(=O)(O)OC[C@@H](COC(=O)CCCCC)OC(=O)CCCCCCCCCCCC)OC(=O)CCCCCCCCCCCC. The molecule has 0 saturated carbocycles. The lowest BCUT2D eigenvalue weighted by Crippen LogP contribution is -2.30. The van der Waals surface area contributed by atoms with E-state index in [9.17, 15) is 43.2 Å². The average Bonchev–Trinajstić information content (AvgIpc) is 3.37. The van der Waals surface area contributed by atoms with Gasteiger partial charge in [-0.3, -0.25) is 37.3 Å². The van der Waals surface area contributed by atoms with E-state index in [1.807, 2.05) is 6.92 Å². The van der Waals surface area contributed by atoms with Gasteiger partial charge in [0.05, 0.1) is 26.4 Å². The minimum atomic E-state index is -4.93. The molecule has 0 saturated heterocycles. The van der Waals surface area contributed by atoms with Crippen molar-refractivity contribution in [3.63, 3.8) is 0 Å². The molecule has 0 aliphatic carbocycles. The Morgan fingerprint density at radius 2 is 0.541 bits per heavy atom. The Hall–Kier alpha value is -1.94. The molecule has 0 fully saturated rings. The van der Waals surface area contributed by atoms with Gasteiger partial charge < -0.3 is 33.8 Å². The highest BCUT2D eigenvalue weighted by molar-refractivity contribution is 7.47. The molecule has 0 aromatic heterocycles. The van der Waals surface area contributed by atoms with Crippen LogP contribution in [0.1, 0.15) is 272 Å². The van der Waals surface area contributed by atoms with Crippen molar-refractivity contribution in [2.45, 2.75) is 290 Å². The lowest BCUT2D eigenvalue weighted by Gasteiger charge is -2.21. The lowest BCUT2D eigenvalue weighted by molar-refractivity contribution is -0.161. The van der Waals surface area contributed by atoms with E-state index in [1.54, 1.807) is 0 Å². The number of rotatable bonds is 56. The summed E-state index contributed by atoms with van der Waals surface area (Å²) in [7, 11) is -9.85. The van der Waals surface area contributed by atoms with Crippen LogP contribution in [0.4, 0.5) is 0 Å². The average molecular weight is 1100 g/mol. The minimum absolute atomic E-state index is 0.105. The van der Waals surface area contributed by atoms with E-state index < -0.39 is 97.5 Å². The molecule has 17 nitrogen and oxygen atoms in total. The van der Waals surface area contributed by atoms with Crippen LogP contribution in [0.2, 0.25) is 0 Å². The summed E-state index contributed by atoms with van der Waals surface area (Å²) >= 11 is 0. The number of phosphoric ester groups is 2. The number of phosphoric acid groups is 2. The molecule has 3 N–H and O–H groups in total. The molecule has 438 valence electrons. The van der Waals surface area contributed by atoms with Crippen LogP contribution in [0.5, 0.6) is 0 Å². The standard InChI is InChI=1S/C55H106O17P2/c1-5-9-13-16-19-22-25-28-29-32-36-40-53(58)66-46-51(72-55(60)42-38-34-31-27-24-21-18-15-11-7-3)48-70-74(63,64)68-44-49(56)43-67-73(61,62)69-47-50(45-65-52(57)39-35-12-8-4)71-54(59)41-37-33-30-26-23-20-17-14-10-6-2/h49-51,56H,5-48H2,1-4H3,(H,61,62)(H,63,64)/t49-,50-,51-/m1/s1. The Morgan fingerprint density at radius 1 is 0.324 bits per heavy atom. The summed E-state index contributed by atoms with van der Waals surface area (Å²) in [6, 6.07) is 0. The summed E-state index contributed by atoms with van der Waals surface area (Å²) < 4.78 is 67.2. The van der Waals surface area contributed by atoms with E-state index >= 15 is 0 Å². The first-order chi connectivity index (χ1) is 35.7. The highest BCUT2D eigenvalue weighted by Crippen LogP contribution is 2.45. The summed E-state index contributed by atoms with van der Waals surface area (Å²) in [5, 5.41) is 10.4. The molecule has 0 aliphatic heterocycles.